The number of ether oxygens (including phenoxy) is 1. The number of allylic oxidation sites excluding steroid dienone is 1. The summed E-state index contributed by atoms with van der Waals surface area (Å²) in [6, 6.07) is 15.4. The maximum Gasteiger partial charge on any atom is 0.383 e. The maximum absolute atomic E-state index is 14.8. The van der Waals surface area contributed by atoms with Gasteiger partial charge in [-0.2, -0.15) is 8.78 Å². The van der Waals surface area contributed by atoms with Gasteiger partial charge in [-0.25, -0.2) is 0 Å². The van der Waals surface area contributed by atoms with E-state index < -0.39 is 6.11 Å². The molecule has 208 valence electrons. The number of benzene rings is 2. The first-order valence-electron chi connectivity index (χ1n) is 15.3. The van der Waals surface area contributed by atoms with Gasteiger partial charge in [0.2, 0.25) is 0 Å². The minimum absolute atomic E-state index is 0.00278. The average Bonchev–Trinajstić information content (AvgIpc) is 2.96. The number of alkyl halides is 2. The fourth-order valence-electron chi connectivity index (χ4n) is 6.62. The molecular formula is C35H48F2O. The van der Waals surface area contributed by atoms with E-state index in [1.807, 2.05) is 18.2 Å². The van der Waals surface area contributed by atoms with Crippen molar-refractivity contribution in [2.45, 2.75) is 115 Å². The van der Waals surface area contributed by atoms with Crippen LogP contribution in [0.4, 0.5) is 8.78 Å². The molecule has 0 atom stereocenters. The fourth-order valence-corrected chi connectivity index (χ4v) is 6.62. The van der Waals surface area contributed by atoms with Crippen LogP contribution in [0.3, 0.4) is 0 Å². The van der Waals surface area contributed by atoms with Crippen molar-refractivity contribution >= 4 is 0 Å². The minimum atomic E-state index is -3.27. The molecule has 2 fully saturated rings. The van der Waals surface area contributed by atoms with E-state index >= 15 is 0 Å². The Morgan fingerprint density at radius 2 is 1.37 bits per heavy atom. The summed E-state index contributed by atoms with van der Waals surface area (Å²) >= 11 is 0. The Labute approximate surface area is 230 Å². The molecule has 2 aliphatic rings. The second-order valence-electron chi connectivity index (χ2n) is 11.9. The Bertz CT molecular complexity index is 948. The SMILES string of the molecule is C=CC1CCC(c2ccc(C(F)(F)OCCc3ccc(C4CCC(CCCCCC)CC4)cc3)cc2)CC1. The first-order valence-corrected chi connectivity index (χ1v) is 15.3. The highest BCUT2D eigenvalue weighted by atomic mass is 19.3. The molecule has 0 spiro atoms. The van der Waals surface area contributed by atoms with E-state index in [9.17, 15) is 8.78 Å². The predicted octanol–water partition coefficient (Wildman–Crippen LogP) is 10.7. The molecule has 1 nitrogen and oxygen atoms in total. The highest BCUT2D eigenvalue weighted by Crippen LogP contribution is 2.39. The number of hydrogen-bond acceptors (Lipinski definition) is 1. The Morgan fingerprint density at radius 3 is 1.95 bits per heavy atom. The lowest BCUT2D eigenvalue weighted by molar-refractivity contribution is -0.248. The summed E-state index contributed by atoms with van der Waals surface area (Å²) in [5.74, 6) is 2.62. The largest absolute Gasteiger partial charge is 0.383 e. The van der Waals surface area contributed by atoms with Crippen LogP contribution in [0.5, 0.6) is 0 Å². The summed E-state index contributed by atoms with van der Waals surface area (Å²) in [6.07, 6.45) is 15.8. The highest BCUT2D eigenvalue weighted by molar-refractivity contribution is 5.28. The average molecular weight is 523 g/mol. The first kappa shape index (κ1) is 29.0. The molecule has 4 rings (SSSR count). The van der Waals surface area contributed by atoms with Gasteiger partial charge in [0.05, 0.1) is 12.2 Å². The Balaban J connectivity index is 1.19. The molecule has 0 amide bonds. The van der Waals surface area contributed by atoms with Crippen molar-refractivity contribution in [2.24, 2.45) is 11.8 Å². The van der Waals surface area contributed by atoms with Crippen molar-refractivity contribution < 1.29 is 13.5 Å². The van der Waals surface area contributed by atoms with E-state index in [2.05, 4.69) is 37.8 Å². The van der Waals surface area contributed by atoms with Gasteiger partial charge in [0, 0.05) is 0 Å². The summed E-state index contributed by atoms with van der Waals surface area (Å²) in [4.78, 5) is 0. The molecule has 2 aromatic carbocycles. The minimum Gasteiger partial charge on any atom is -0.316 e. The summed E-state index contributed by atoms with van der Waals surface area (Å²) in [7, 11) is 0. The summed E-state index contributed by atoms with van der Waals surface area (Å²) in [5, 5.41) is 0. The van der Waals surface area contributed by atoms with E-state index in [0.717, 1.165) is 42.7 Å². The van der Waals surface area contributed by atoms with E-state index in [1.165, 1.54) is 63.4 Å². The van der Waals surface area contributed by atoms with Crippen molar-refractivity contribution in [3.05, 3.63) is 83.4 Å². The second-order valence-corrected chi connectivity index (χ2v) is 11.9. The van der Waals surface area contributed by atoms with Crippen LogP contribution in [0.15, 0.2) is 61.2 Å². The number of unbranched alkanes of at least 4 members (excludes halogenated alkanes) is 3. The summed E-state index contributed by atoms with van der Waals surface area (Å²) in [5.41, 5.74) is 3.56. The fraction of sp³-hybridized carbons (Fsp3) is 0.600. The van der Waals surface area contributed by atoms with Crippen molar-refractivity contribution in [3.63, 3.8) is 0 Å². The molecule has 0 aliphatic heterocycles. The third kappa shape index (κ3) is 8.25. The zero-order chi connectivity index (χ0) is 26.8. The van der Waals surface area contributed by atoms with Crippen LogP contribution < -0.4 is 0 Å². The molecular weight excluding hydrogens is 474 g/mol. The molecule has 0 bridgehead atoms. The Kier molecular flexibility index (Phi) is 11.0. The number of halogens is 2. The van der Waals surface area contributed by atoms with Crippen molar-refractivity contribution in [2.75, 3.05) is 6.61 Å². The van der Waals surface area contributed by atoms with Crippen LogP contribution in [0.25, 0.3) is 0 Å². The summed E-state index contributed by atoms with van der Waals surface area (Å²) in [6.45, 7) is 6.18. The molecule has 2 aliphatic carbocycles. The molecule has 0 radical (unpaired) electrons. The van der Waals surface area contributed by atoms with E-state index in [1.54, 1.807) is 12.1 Å². The van der Waals surface area contributed by atoms with Crippen molar-refractivity contribution in [1.82, 2.24) is 0 Å². The molecule has 0 heterocycles. The van der Waals surface area contributed by atoms with Crippen LogP contribution in [0.1, 0.15) is 124 Å². The van der Waals surface area contributed by atoms with Crippen LogP contribution in [0.2, 0.25) is 0 Å². The lowest BCUT2D eigenvalue weighted by Crippen LogP contribution is -2.20. The monoisotopic (exact) mass is 522 g/mol. The third-order valence-electron chi connectivity index (χ3n) is 9.26. The van der Waals surface area contributed by atoms with Crippen LogP contribution in [-0.4, -0.2) is 6.61 Å². The number of hydrogen-bond donors (Lipinski definition) is 0. The normalized spacial score (nSPS) is 24.3. The van der Waals surface area contributed by atoms with E-state index in [-0.39, 0.29) is 12.2 Å². The standard InChI is InChI=1S/C35H48F2O/c1-3-5-6-7-8-28-11-17-31(18-12-28)32-19-13-29(14-20-32)25-26-38-35(36,37)34-23-21-33(22-24-34)30-15-9-27(4-2)10-16-30/h4,13-14,19-24,27-28,30-31H,2-3,5-12,15-18,25-26H2,1H3. The van der Waals surface area contributed by atoms with Crippen molar-refractivity contribution in [3.8, 4) is 0 Å². The van der Waals surface area contributed by atoms with E-state index in [0.29, 0.717) is 24.2 Å². The van der Waals surface area contributed by atoms with Gasteiger partial charge < -0.3 is 4.74 Å². The Hall–Kier alpha value is -2.00. The van der Waals surface area contributed by atoms with Gasteiger partial charge in [0.25, 0.3) is 0 Å². The smallest absolute Gasteiger partial charge is 0.316 e. The lowest BCUT2D eigenvalue weighted by Gasteiger charge is -2.29. The zero-order valence-electron chi connectivity index (χ0n) is 23.5. The quantitative estimate of drug-likeness (QED) is 0.188. The molecule has 2 aromatic rings. The number of rotatable bonds is 13. The molecule has 0 unspecified atom stereocenters. The van der Waals surface area contributed by atoms with E-state index in [4.69, 9.17) is 4.74 Å². The van der Waals surface area contributed by atoms with Crippen LogP contribution in [0, 0.1) is 11.8 Å². The predicted molar refractivity (Wildman–Crippen MR) is 155 cm³/mol. The second kappa shape index (κ2) is 14.4. The lowest BCUT2D eigenvalue weighted by atomic mass is 9.77. The molecule has 3 heteroatoms. The van der Waals surface area contributed by atoms with Gasteiger partial charge in [-0.3, -0.25) is 0 Å². The highest BCUT2D eigenvalue weighted by Gasteiger charge is 2.33. The van der Waals surface area contributed by atoms with Gasteiger partial charge in [-0.05, 0) is 98.1 Å². The third-order valence-corrected chi connectivity index (χ3v) is 9.26. The summed E-state index contributed by atoms with van der Waals surface area (Å²) < 4.78 is 34.6. The topological polar surface area (TPSA) is 9.23 Å². The van der Waals surface area contributed by atoms with Gasteiger partial charge >= 0.3 is 6.11 Å². The van der Waals surface area contributed by atoms with Crippen molar-refractivity contribution in [1.29, 1.82) is 0 Å². The molecule has 2 saturated carbocycles. The van der Waals surface area contributed by atoms with Crippen LogP contribution in [-0.2, 0) is 17.3 Å². The van der Waals surface area contributed by atoms with Gasteiger partial charge in [0.15, 0.2) is 0 Å². The molecule has 0 saturated heterocycles. The maximum atomic E-state index is 14.8. The van der Waals surface area contributed by atoms with Gasteiger partial charge in [-0.1, -0.05) is 93.6 Å². The zero-order valence-corrected chi connectivity index (χ0v) is 23.5. The van der Waals surface area contributed by atoms with Crippen LogP contribution >= 0.6 is 0 Å². The van der Waals surface area contributed by atoms with Gasteiger partial charge in [0.1, 0.15) is 0 Å². The molecule has 38 heavy (non-hydrogen) atoms. The molecule has 0 aromatic heterocycles. The first-order chi connectivity index (χ1) is 18.5. The molecule has 0 N–H and O–H groups in total. The Morgan fingerprint density at radius 1 is 0.789 bits per heavy atom. The van der Waals surface area contributed by atoms with Gasteiger partial charge in [-0.15, -0.1) is 6.58 Å².